The number of rotatable bonds is 4. The number of fused-ring (bicyclic) bond motifs is 10. The minimum absolute atomic E-state index is 1.17. The van der Waals surface area contributed by atoms with Crippen molar-refractivity contribution in [1.29, 1.82) is 0 Å². The lowest BCUT2D eigenvalue weighted by Gasteiger charge is -2.10. The van der Waals surface area contributed by atoms with Gasteiger partial charge >= 0.3 is 0 Å². The molecule has 0 saturated heterocycles. The molecule has 0 amide bonds. The van der Waals surface area contributed by atoms with Gasteiger partial charge in [-0.25, -0.2) is 0 Å². The van der Waals surface area contributed by atoms with Gasteiger partial charge in [-0.15, -0.1) is 11.3 Å². The van der Waals surface area contributed by atoms with Gasteiger partial charge in [0.15, 0.2) is 0 Å². The Kier molecular flexibility index (Phi) is 6.54. The van der Waals surface area contributed by atoms with Gasteiger partial charge in [0, 0.05) is 53.1 Å². The van der Waals surface area contributed by atoms with Crippen molar-refractivity contribution in [2.24, 2.45) is 0 Å². The Morgan fingerprint density at radius 3 is 1.76 bits per heavy atom. The average molecular weight is 717 g/mol. The second kappa shape index (κ2) is 11.8. The molecule has 12 rings (SSSR count). The predicted molar refractivity (Wildman–Crippen MR) is 236 cm³/mol. The van der Waals surface area contributed by atoms with Crippen LogP contribution >= 0.6 is 11.3 Å². The SMILES string of the molecule is c1ccc(-c2cccc3c2c2cc(-c4ccc5c(c4)c4cc6ccccc6cc4n5-c4ccccc4)ccc2n3-c2ccc3c(c2)sc2ccccc23)cc1. The van der Waals surface area contributed by atoms with Gasteiger partial charge in [-0.2, -0.15) is 0 Å². The third kappa shape index (κ3) is 4.60. The summed E-state index contributed by atoms with van der Waals surface area (Å²) in [6, 6.07) is 71.5. The van der Waals surface area contributed by atoms with E-state index in [1.165, 1.54) is 108 Å². The van der Waals surface area contributed by atoms with Crippen LogP contribution in [0.4, 0.5) is 0 Å². The second-order valence-electron chi connectivity index (χ2n) is 14.5. The lowest BCUT2D eigenvalue weighted by atomic mass is 9.97. The van der Waals surface area contributed by atoms with E-state index in [1.54, 1.807) is 0 Å². The van der Waals surface area contributed by atoms with Crippen LogP contribution in [0.5, 0.6) is 0 Å². The molecule has 0 aliphatic carbocycles. The van der Waals surface area contributed by atoms with E-state index in [0.29, 0.717) is 0 Å². The quantitative estimate of drug-likeness (QED) is 0.172. The number of thiophene rings is 1. The van der Waals surface area contributed by atoms with Crippen LogP contribution in [0.2, 0.25) is 0 Å². The fourth-order valence-corrected chi connectivity index (χ4v) is 10.1. The summed E-state index contributed by atoms with van der Waals surface area (Å²) in [6.45, 7) is 0. The van der Waals surface area contributed by atoms with Crippen molar-refractivity contribution >= 4 is 85.9 Å². The Morgan fingerprint density at radius 1 is 0.309 bits per heavy atom. The number of hydrogen-bond acceptors (Lipinski definition) is 1. The van der Waals surface area contributed by atoms with Crippen molar-refractivity contribution in [1.82, 2.24) is 9.13 Å². The first-order chi connectivity index (χ1) is 27.3. The van der Waals surface area contributed by atoms with Gasteiger partial charge in [-0.3, -0.25) is 0 Å². The van der Waals surface area contributed by atoms with E-state index >= 15 is 0 Å². The molecule has 12 aromatic rings. The van der Waals surface area contributed by atoms with Gasteiger partial charge in [0.25, 0.3) is 0 Å². The third-order valence-electron chi connectivity index (χ3n) is 11.5. The number of nitrogens with zero attached hydrogens (tertiary/aromatic N) is 2. The van der Waals surface area contributed by atoms with Crippen molar-refractivity contribution in [3.8, 4) is 33.6 Å². The number of benzene rings is 9. The molecular formula is C52H32N2S. The monoisotopic (exact) mass is 716 g/mol. The normalized spacial score (nSPS) is 12.0. The number of para-hydroxylation sites is 1. The van der Waals surface area contributed by atoms with Gasteiger partial charge in [0.2, 0.25) is 0 Å². The van der Waals surface area contributed by atoms with Gasteiger partial charge in [-0.1, -0.05) is 121 Å². The van der Waals surface area contributed by atoms with Crippen molar-refractivity contribution in [3.05, 3.63) is 194 Å². The Balaban J connectivity index is 1.11. The van der Waals surface area contributed by atoms with Crippen molar-refractivity contribution in [2.45, 2.75) is 0 Å². The molecule has 9 aromatic carbocycles. The van der Waals surface area contributed by atoms with Gasteiger partial charge < -0.3 is 9.13 Å². The molecule has 0 N–H and O–H groups in total. The first-order valence-corrected chi connectivity index (χ1v) is 19.7. The van der Waals surface area contributed by atoms with Crippen LogP contribution in [-0.4, -0.2) is 9.13 Å². The second-order valence-corrected chi connectivity index (χ2v) is 15.6. The van der Waals surface area contributed by atoms with E-state index in [2.05, 4.69) is 203 Å². The minimum atomic E-state index is 1.17. The largest absolute Gasteiger partial charge is 0.309 e. The predicted octanol–water partition coefficient (Wildman–Crippen LogP) is 14.7. The molecule has 55 heavy (non-hydrogen) atoms. The summed E-state index contributed by atoms with van der Waals surface area (Å²) in [7, 11) is 0. The zero-order chi connectivity index (χ0) is 36.0. The maximum atomic E-state index is 2.46. The summed E-state index contributed by atoms with van der Waals surface area (Å²) in [5.41, 5.74) is 12.1. The van der Waals surface area contributed by atoms with Crippen LogP contribution in [0.15, 0.2) is 194 Å². The van der Waals surface area contributed by atoms with Crippen molar-refractivity contribution in [2.75, 3.05) is 0 Å². The van der Waals surface area contributed by atoms with Crippen LogP contribution in [-0.2, 0) is 0 Å². The zero-order valence-electron chi connectivity index (χ0n) is 29.8. The van der Waals surface area contributed by atoms with E-state index in [-0.39, 0.29) is 0 Å². The first-order valence-electron chi connectivity index (χ1n) is 18.8. The molecule has 0 aliphatic heterocycles. The van der Waals surface area contributed by atoms with Crippen molar-refractivity contribution in [3.63, 3.8) is 0 Å². The highest BCUT2D eigenvalue weighted by molar-refractivity contribution is 7.25. The molecule has 3 heteroatoms. The molecule has 0 fully saturated rings. The molecule has 0 unspecified atom stereocenters. The Bertz CT molecular complexity index is 3470. The topological polar surface area (TPSA) is 9.86 Å². The minimum Gasteiger partial charge on any atom is -0.309 e. The smallest absolute Gasteiger partial charge is 0.0547 e. The molecule has 0 bridgehead atoms. The van der Waals surface area contributed by atoms with Crippen LogP contribution < -0.4 is 0 Å². The number of aromatic nitrogens is 2. The van der Waals surface area contributed by atoms with E-state index < -0.39 is 0 Å². The summed E-state index contributed by atoms with van der Waals surface area (Å²) < 4.78 is 7.51. The molecule has 3 heterocycles. The molecule has 0 radical (unpaired) electrons. The summed E-state index contributed by atoms with van der Waals surface area (Å²) in [5.74, 6) is 0. The molecular weight excluding hydrogens is 685 g/mol. The lowest BCUT2D eigenvalue weighted by Crippen LogP contribution is -1.93. The first kappa shape index (κ1) is 30.5. The van der Waals surface area contributed by atoms with Crippen LogP contribution in [0, 0.1) is 0 Å². The van der Waals surface area contributed by atoms with Crippen LogP contribution in [0.3, 0.4) is 0 Å². The lowest BCUT2D eigenvalue weighted by molar-refractivity contribution is 1.18. The van der Waals surface area contributed by atoms with Gasteiger partial charge in [0.1, 0.15) is 0 Å². The Labute approximate surface area is 321 Å². The summed E-state index contributed by atoms with van der Waals surface area (Å²) in [6.07, 6.45) is 0. The van der Waals surface area contributed by atoms with Gasteiger partial charge in [0.05, 0.1) is 22.1 Å². The fourth-order valence-electron chi connectivity index (χ4n) is 8.98. The molecule has 256 valence electrons. The fraction of sp³-hybridized carbons (Fsp3) is 0. The zero-order valence-corrected chi connectivity index (χ0v) is 30.6. The van der Waals surface area contributed by atoms with E-state index in [4.69, 9.17) is 0 Å². The van der Waals surface area contributed by atoms with E-state index in [0.717, 1.165) is 0 Å². The molecule has 0 atom stereocenters. The van der Waals surface area contributed by atoms with Crippen LogP contribution in [0.25, 0.3) is 108 Å². The number of hydrogen-bond donors (Lipinski definition) is 0. The van der Waals surface area contributed by atoms with E-state index in [1.807, 2.05) is 11.3 Å². The summed E-state index contributed by atoms with van der Waals surface area (Å²) in [5, 5.41) is 10.2. The van der Waals surface area contributed by atoms with Gasteiger partial charge in [-0.05, 0) is 106 Å². The standard InChI is InChI=1S/C52H32N2S/c1-3-12-33(13-4-1)40-19-11-20-48-52(40)45-30-37(23-27-47(45)54(48)39-24-25-42-41-18-9-10-21-50(41)55-51(42)32-39)36-22-26-46-43(29-36)44-28-34-14-7-8-15-35(34)31-49(44)53(46)38-16-5-2-6-17-38/h1-32H. The molecule has 0 saturated carbocycles. The average Bonchev–Trinajstić information content (AvgIpc) is 3.90. The Hall–Kier alpha value is -6.94. The molecule has 0 spiro atoms. The maximum absolute atomic E-state index is 2.46. The maximum Gasteiger partial charge on any atom is 0.0547 e. The molecule has 2 nitrogen and oxygen atoms in total. The van der Waals surface area contributed by atoms with Crippen molar-refractivity contribution < 1.29 is 0 Å². The van der Waals surface area contributed by atoms with E-state index in [9.17, 15) is 0 Å². The molecule has 3 aromatic heterocycles. The third-order valence-corrected chi connectivity index (χ3v) is 12.6. The van der Waals surface area contributed by atoms with Crippen LogP contribution in [0.1, 0.15) is 0 Å². The highest BCUT2D eigenvalue weighted by Crippen LogP contribution is 2.43. The Morgan fingerprint density at radius 2 is 0.945 bits per heavy atom. The highest BCUT2D eigenvalue weighted by Gasteiger charge is 2.19. The highest BCUT2D eigenvalue weighted by atomic mass is 32.1. The summed E-state index contributed by atoms with van der Waals surface area (Å²) >= 11 is 1.87. The summed E-state index contributed by atoms with van der Waals surface area (Å²) in [4.78, 5) is 0. The molecule has 0 aliphatic rings.